The van der Waals surface area contributed by atoms with Crippen molar-refractivity contribution < 1.29 is 9.18 Å². The minimum Gasteiger partial charge on any atom is -0.293 e. The summed E-state index contributed by atoms with van der Waals surface area (Å²) in [5.74, 6) is -0.549. The van der Waals surface area contributed by atoms with Gasteiger partial charge in [-0.25, -0.2) is 4.39 Å². The van der Waals surface area contributed by atoms with Crippen molar-refractivity contribution >= 4 is 44.7 Å². The number of halogens is 3. The molecule has 0 atom stereocenters. The summed E-state index contributed by atoms with van der Waals surface area (Å²) < 4.78 is 14.3. The van der Waals surface area contributed by atoms with Gasteiger partial charge in [0.15, 0.2) is 5.78 Å². The lowest BCUT2D eigenvalue weighted by atomic mass is 10.1. The van der Waals surface area contributed by atoms with Crippen LogP contribution in [0.2, 0.25) is 5.02 Å². The topological polar surface area (TPSA) is 17.1 Å². The molecule has 0 fully saturated rings. The van der Waals surface area contributed by atoms with Gasteiger partial charge in [0, 0.05) is 15.9 Å². The molecule has 1 heterocycles. The summed E-state index contributed by atoms with van der Waals surface area (Å²) in [6, 6.07) is 6.14. The van der Waals surface area contributed by atoms with Gasteiger partial charge in [0.05, 0.1) is 4.88 Å². The fourth-order valence-corrected chi connectivity index (χ4v) is 3.10. The van der Waals surface area contributed by atoms with Crippen LogP contribution in [-0.2, 0) is 6.42 Å². The van der Waals surface area contributed by atoms with Gasteiger partial charge in [-0.15, -0.1) is 11.3 Å². The molecule has 0 aliphatic rings. The summed E-state index contributed by atoms with van der Waals surface area (Å²) >= 11 is 10.3. The molecule has 2 aromatic rings. The second kappa shape index (κ2) is 5.29. The Balaban J connectivity index is 2.22. The molecule has 1 aromatic carbocycles. The second-order valence-electron chi connectivity index (χ2n) is 3.43. The number of Topliss-reactive ketones (excluding diaryl/α,β-unsaturated/α-hetero) is 1. The third-order valence-electron chi connectivity index (χ3n) is 2.24. The zero-order chi connectivity index (χ0) is 12.4. The highest BCUT2D eigenvalue weighted by Crippen LogP contribution is 2.25. The molecular weight excluding hydrogens is 327 g/mol. The number of benzene rings is 1. The van der Waals surface area contributed by atoms with Crippen molar-refractivity contribution in [1.82, 2.24) is 0 Å². The van der Waals surface area contributed by atoms with E-state index in [1.54, 1.807) is 12.1 Å². The molecule has 17 heavy (non-hydrogen) atoms. The molecular formula is C12H7BrClFOS. The highest BCUT2D eigenvalue weighted by Gasteiger charge is 2.14. The minimum atomic E-state index is -0.446. The van der Waals surface area contributed by atoms with Crippen molar-refractivity contribution in [3.8, 4) is 0 Å². The maximum Gasteiger partial charge on any atom is 0.178 e. The second-order valence-corrected chi connectivity index (χ2v) is 5.64. The van der Waals surface area contributed by atoms with Crippen LogP contribution in [0.5, 0.6) is 0 Å². The van der Waals surface area contributed by atoms with Crippen molar-refractivity contribution in [3.63, 3.8) is 0 Å². The molecule has 0 aliphatic carbocycles. The van der Waals surface area contributed by atoms with Gasteiger partial charge in [-0.2, -0.15) is 0 Å². The molecule has 0 unspecified atom stereocenters. The smallest absolute Gasteiger partial charge is 0.178 e. The summed E-state index contributed by atoms with van der Waals surface area (Å²) in [6.07, 6.45) is 0.0438. The Morgan fingerprint density at radius 3 is 2.76 bits per heavy atom. The molecule has 0 amide bonds. The molecule has 0 N–H and O–H groups in total. The molecule has 0 saturated carbocycles. The van der Waals surface area contributed by atoms with Crippen LogP contribution >= 0.6 is 38.9 Å². The van der Waals surface area contributed by atoms with E-state index in [1.165, 1.54) is 23.5 Å². The molecule has 1 aromatic heterocycles. The standard InChI is InChI=1S/C12H7BrClFOS/c13-9-3-4-17-12(9)11(16)5-7-1-2-8(14)6-10(7)15/h1-4,6H,5H2. The van der Waals surface area contributed by atoms with Crippen LogP contribution in [0, 0.1) is 5.82 Å². The number of carbonyl (C=O) groups excluding carboxylic acids is 1. The first-order chi connectivity index (χ1) is 8.08. The number of hydrogen-bond acceptors (Lipinski definition) is 2. The molecule has 0 saturated heterocycles. The summed E-state index contributed by atoms with van der Waals surface area (Å²) in [4.78, 5) is 12.5. The lowest BCUT2D eigenvalue weighted by Crippen LogP contribution is -2.03. The summed E-state index contributed by atoms with van der Waals surface area (Å²) in [5, 5.41) is 2.14. The van der Waals surface area contributed by atoms with Crippen molar-refractivity contribution in [2.75, 3.05) is 0 Å². The van der Waals surface area contributed by atoms with Gasteiger partial charge < -0.3 is 0 Å². The third kappa shape index (κ3) is 2.94. The Labute approximate surface area is 115 Å². The zero-order valence-electron chi connectivity index (χ0n) is 8.54. The molecule has 0 spiro atoms. The Bertz CT molecular complexity index is 567. The average Bonchev–Trinajstić information content (AvgIpc) is 2.68. The van der Waals surface area contributed by atoms with Crippen molar-refractivity contribution in [2.45, 2.75) is 6.42 Å². The average molecular weight is 334 g/mol. The predicted molar refractivity (Wildman–Crippen MR) is 71.5 cm³/mol. The van der Waals surface area contributed by atoms with Gasteiger partial charge >= 0.3 is 0 Å². The van der Waals surface area contributed by atoms with Gasteiger partial charge in [0.2, 0.25) is 0 Å². The number of carbonyl (C=O) groups is 1. The monoisotopic (exact) mass is 332 g/mol. The first-order valence-corrected chi connectivity index (χ1v) is 6.83. The van der Waals surface area contributed by atoms with Crippen LogP contribution in [0.1, 0.15) is 15.2 Å². The predicted octanol–water partition coefficient (Wildman–Crippen LogP) is 4.73. The summed E-state index contributed by atoms with van der Waals surface area (Å²) in [7, 11) is 0. The Morgan fingerprint density at radius 2 is 2.18 bits per heavy atom. The maximum atomic E-state index is 13.5. The van der Waals surface area contributed by atoms with E-state index in [-0.39, 0.29) is 12.2 Å². The number of thiophene rings is 1. The van der Waals surface area contributed by atoms with Crippen LogP contribution in [0.4, 0.5) is 4.39 Å². The van der Waals surface area contributed by atoms with Crippen molar-refractivity contribution in [1.29, 1.82) is 0 Å². The SMILES string of the molecule is O=C(Cc1ccc(Cl)cc1F)c1sccc1Br. The highest BCUT2D eigenvalue weighted by atomic mass is 79.9. The largest absolute Gasteiger partial charge is 0.293 e. The fourth-order valence-electron chi connectivity index (χ4n) is 1.41. The first kappa shape index (κ1) is 12.7. The van der Waals surface area contributed by atoms with Gasteiger partial charge in [0.1, 0.15) is 5.82 Å². The minimum absolute atomic E-state index is 0.0438. The van der Waals surface area contributed by atoms with Gasteiger partial charge in [-0.3, -0.25) is 4.79 Å². The van der Waals surface area contributed by atoms with Crippen LogP contribution in [0.15, 0.2) is 34.1 Å². The Morgan fingerprint density at radius 1 is 1.41 bits per heavy atom. The summed E-state index contributed by atoms with van der Waals surface area (Å²) in [5.41, 5.74) is 0.361. The summed E-state index contributed by atoms with van der Waals surface area (Å²) in [6.45, 7) is 0. The highest BCUT2D eigenvalue weighted by molar-refractivity contribution is 9.10. The van der Waals surface area contributed by atoms with E-state index >= 15 is 0 Å². The van der Waals surface area contributed by atoms with E-state index < -0.39 is 5.82 Å². The quantitative estimate of drug-likeness (QED) is 0.742. The van der Waals surface area contributed by atoms with E-state index in [2.05, 4.69) is 15.9 Å². The molecule has 1 nitrogen and oxygen atoms in total. The van der Waals surface area contributed by atoms with E-state index in [9.17, 15) is 9.18 Å². The Kier molecular flexibility index (Phi) is 3.97. The molecule has 88 valence electrons. The maximum absolute atomic E-state index is 13.5. The zero-order valence-corrected chi connectivity index (χ0v) is 11.7. The van der Waals surface area contributed by atoms with Gasteiger partial charge in [-0.05, 0) is 45.1 Å². The number of rotatable bonds is 3. The van der Waals surface area contributed by atoms with Gasteiger partial charge in [-0.1, -0.05) is 17.7 Å². The number of ketones is 1. The fraction of sp³-hybridized carbons (Fsp3) is 0.0833. The normalized spacial score (nSPS) is 10.5. The van der Waals surface area contributed by atoms with Crippen LogP contribution in [-0.4, -0.2) is 5.78 Å². The van der Waals surface area contributed by atoms with E-state index in [0.29, 0.717) is 15.5 Å². The molecule has 0 aliphatic heterocycles. The molecule has 5 heteroatoms. The van der Waals surface area contributed by atoms with E-state index in [0.717, 1.165) is 4.47 Å². The lowest BCUT2D eigenvalue weighted by Gasteiger charge is -2.02. The van der Waals surface area contributed by atoms with Crippen molar-refractivity contribution in [2.24, 2.45) is 0 Å². The van der Waals surface area contributed by atoms with Crippen molar-refractivity contribution in [3.05, 3.63) is 55.4 Å². The number of hydrogen-bond donors (Lipinski definition) is 0. The van der Waals surface area contributed by atoms with E-state index in [4.69, 9.17) is 11.6 Å². The van der Waals surface area contributed by atoms with Crippen LogP contribution in [0.25, 0.3) is 0 Å². The molecule has 0 radical (unpaired) electrons. The third-order valence-corrected chi connectivity index (χ3v) is 4.35. The molecule has 0 bridgehead atoms. The molecule has 2 rings (SSSR count). The van der Waals surface area contributed by atoms with E-state index in [1.807, 2.05) is 5.38 Å². The van der Waals surface area contributed by atoms with Gasteiger partial charge in [0.25, 0.3) is 0 Å². The lowest BCUT2D eigenvalue weighted by molar-refractivity contribution is 0.0995. The Hall–Kier alpha value is -0.710. The first-order valence-electron chi connectivity index (χ1n) is 4.78. The van der Waals surface area contributed by atoms with Crippen LogP contribution in [0.3, 0.4) is 0 Å². The van der Waals surface area contributed by atoms with Crippen LogP contribution < -0.4 is 0 Å².